The van der Waals surface area contributed by atoms with Gasteiger partial charge in [0.15, 0.2) is 0 Å². The second-order valence-electron chi connectivity index (χ2n) is 5.18. The highest BCUT2D eigenvalue weighted by Gasteiger charge is 2.44. The predicted octanol–water partition coefficient (Wildman–Crippen LogP) is -0.212. The van der Waals surface area contributed by atoms with Crippen molar-refractivity contribution in [3.05, 3.63) is 54.1 Å². The van der Waals surface area contributed by atoms with E-state index in [2.05, 4.69) is 10.1 Å². The van der Waals surface area contributed by atoms with Crippen molar-refractivity contribution in [2.75, 3.05) is 12.4 Å². The Bertz CT molecular complexity index is 739. The molecule has 0 unspecified atom stereocenters. The molecule has 0 aliphatic carbocycles. The van der Waals surface area contributed by atoms with Crippen LogP contribution >= 0.6 is 0 Å². The van der Waals surface area contributed by atoms with E-state index in [9.17, 15) is 15.0 Å². The third-order valence-corrected chi connectivity index (χ3v) is 3.31. The van der Waals surface area contributed by atoms with Gasteiger partial charge in [-0.2, -0.15) is 0 Å². The first-order chi connectivity index (χ1) is 11.1. The zero-order valence-corrected chi connectivity index (χ0v) is 12.8. The van der Waals surface area contributed by atoms with Crippen LogP contribution in [0.15, 0.2) is 48.5 Å². The maximum absolute atomic E-state index is 11.6. The number of ether oxygens (including phenoxy) is 1. The molecule has 0 heterocycles. The van der Waals surface area contributed by atoms with Gasteiger partial charge < -0.3 is 30.5 Å². The van der Waals surface area contributed by atoms with Gasteiger partial charge in [0.2, 0.25) is 0 Å². The van der Waals surface area contributed by atoms with Crippen LogP contribution in [0.1, 0.15) is 10.4 Å². The van der Waals surface area contributed by atoms with E-state index >= 15 is 0 Å². The quantitative estimate of drug-likeness (QED) is 0.325. The molecule has 0 atom stereocenters. The van der Waals surface area contributed by atoms with E-state index in [0.717, 1.165) is 0 Å². The molecule has 0 aromatic heterocycles. The van der Waals surface area contributed by atoms with Gasteiger partial charge in [-0.05, 0) is 35.4 Å². The Morgan fingerprint density at radius 2 is 1.62 bits per heavy atom. The van der Waals surface area contributed by atoms with Crippen molar-refractivity contribution in [1.29, 1.82) is 0 Å². The highest BCUT2D eigenvalue weighted by molar-refractivity contribution is 5.91. The van der Waals surface area contributed by atoms with Crippen LogP contribution in [0.4, 0.5) is 5.69 Å². The van der Waals surface area contributed by atoms with Crippen LogP contribution in [0.2, 0.25) is 0 Å². The van der Waals surface area contributed by atoms with Gasteiger partial charge in [0.25, 0.3) is 5.91 Å². The number of benzene rings is 2. The van der Waals surface area contributed by atoms with Crippen LogP contribution in [0, 0.1) is 0 Å². The Kier molecular flexibility index (Phi) is 4.88. The van der Waals surface area contributed by atoms with Crippen LogP contribution in [0.5, 0.6) is 0 Å². The topological polar surface area (TPSA) is 145 Å². The largest absolute Gasteiger partial charge is 0.465 e. The van der Waals surface area contributed by atoms with Gasteiger partial charge in [0.05, 0.1) is 12.7 Å². The molecule has 0 radical (unpaired) electrons. The first kappa shape index (κ1) is 17.9. The predicted molar refractivity (Wildman–Crippen MR) is 85.4 cm³/mol. The van der Waals surface area contributed by atoms with Crippen molar-refractivity contribution < 1.29 is 30.0 Å². The number of aliphatic hydroxyl groups is 4. The lowest BCUT2D eigenvalue weighted by molar-refractivity contribution is -0.340. The fourth-order valence-electron chi connectivity index (χ4n) is 2.01. The third kappa shape index (κ3) is 3.88. The summed E-state index contributed by atoms with van der Waals surface area (Å²) in [4.78, 5) is 11.6. The number of hydrogen-bond acceptors (Lipinski definition) is 8. The molecule has 0 fully saturated rings. The zero-order chi connectivity index (χ0) is 18.0. The summed E-state index contributed by atoms with van der Waals surface area (Å²) in [6.45, 7) is 0. The SMILES string of the molecule is COC(=O)c1cccc(-c2cccc(NC(O)(O)C(N)(O)O)c2)c1. The molecule has 24 heavy (non-hydrogen) atoms. The Morgan fingerprint density at radius 3 is 2.21 bits per heavy atom. The minimum atomic E-state index is -3.27. The van der Waals surface area contributed by atoms with Crippen molar-refractivity contribution in [1.82, 2.24) is 0 Å². The van der Waals surface area contributed by atoms with Gasteiger partial charge >= 0.3 is 11.9 Å². The second-order valence-corrected chi connectivity index (χ2v) is 5.18. The van der Waals surface area contributed by atoms with Crippen molar-refractivity contribution in [2.24, 2.45) is 5.73 Å². The molecule has 8 nitrogen and oxygen atoms in total. The molecule has 128 valence electrons. The maximum atomic E-state index is 11.6. The lowest BCUT2D eigenvalue weighted by Gasteiger charge is -2.32. The minimum absolute atomic E-state index is 0.166. The molecule has 0 aliphatic rings. The third-order valence-electron chi connectivity index (χ3n) is 3.31. The fraction of sp³-hybridized carbons (Fsp3) is 0.188. The summed E-state index contributed by atoms with van der Waals surface area (Å²) in [5.74, 6) is -6.92. The number of carbonyl (C=O) groups excluding carboxylic acids is 1. The maximum Gasteiger partial charge on any atom is 0.337 e. The number of nitrogens with one attached hydrogen (secondary N) is 1. The Hall–Kier alpha value is -2.49. The Morgan fingerprint density at radius 1 is 1.04 bits per heavy atom. The van der Waals surface area contributed by atoms with Crippen LogP contribution in [0.3, 0.4) is 0 Å². The van der Waals surface area contributed by atoms with E-state index in [1.807, 2.05) is 0 Å². The summed E-state index contributed by atoms with van der Waals surface area (Å²) in [5.41, 5.74) is 6.72. The summed E-state index contributed by atoms with van der Waals surface area (Å²) in [5, 5.41) is 39.5. The van der Waals surface area contributed by atoms with Gasteiger partial charge in [0, 0.05) is 5.69 Å². The summed E-state index contributed by atoms with van der Waals surface area (Å²) in [6.07, 6.45) is 0. The number of anilines is 1. The molecule has 2 aromatic carbocycles. The Labute approximate surface area is 137 Å². The molecule has 0 amide bonds. The molecule has 2 aromatic rings. The molecule has 8 heteroatoms. The molecule has 0 saturated carbocycles. The molecular formula is C16H18N2O6. The van der Waals surface area contributed by atoms with Gasteiger partial charge in [-0.15, -0.1) is 0 Å². The average Bonchev–Trinajstić information content (AvgIpc) is 2.53. The summed E-state index contributed by atoms with van der Waals surface area (Å²) in [6, 6.07) is 13.0. The summed E-state index contributed by atoms with van der Waals surface area (Å²) < 4.78 is 4.67. The minimum Gasteiger partial charge on any atom is -0.465 e. The molecule has 2 rings (SSSR count). The molecule has 0 bridgehead atoms. The van der Waals surface area contributed by atoms with Crippen LogP contribution < -0.4 is 11.1 Å². The van der Waals surface area contributed by atoms with Gasteiger partial charge in [-0.1, -0.05) is 24.3 Å². The van der Waals surface area contributed by atoms with Crippen molar-refractivity contribution in [3.8, 4) is 11.1 Å². The van der Waals surface area contributed by atoms with Gasteiger partial charge in [0.1, 0.15) is 0 Å². The van der Waals surface area contributed by atoms with Crippen molar-refractivity contribution in [3.63, 3.8) is 0 Å². The molecule has 0 saturated heterocycles. The number of nitrogens with two attached hydrogens (primary N) is 1. The summed E-state index contributed by atoms with van der Waals surface area (Å²) in [7, 11) is 1.28. The van der Waals surface area contributed by atoms with E-state index < -0.39 is 17.8 Å². The number of hydrogen-bond donors (Lipinski definition) is 6. The van der Waals surface area contributed by atoms with Gasteiger partial charge in [-0.3, -0.25) is 5.73 Å². The van der Waals surface area contributed by atoms with Crippen molar-refractivity contribution in [2.45, 2.75) is 11.8 Å². The smallest absolute Gasteiger partial charge is 0.337 e. The number of carbonyl (C=O) groups is 1. The first-order valence-corrected chi connectivity index (χ1v) is 6.89. The van der Waals surface area contributed by atoms with Crippen LogP contribution in [-0.4, -0.2) is 45.3 Å². The van der Waals surface area contributed by atoms with E-state index in [-0.39, 0.29) is 5.69 Å². The van der Waals surface area contributed by atoms with Crippen LogP contribution in [0.25, 0.3) is 11.1 Å². The van der Waals surface area contributed by atoms with Crippen molar-refractivity contribution >= 4 is 11.7 Å². The van der Waals surface area contributed by atoms with Gasteiger partial charge in [-0.25, -0.2) is 4.79 Å². The van der Waals surface area contributed by atoms with E-state index in [1.165, 1.54) is 19.2 Å². The molecule has 7 N–H and O–H groups in total. The standard InChI is InChI=1S/C16H18N2O6/c1-24-14(19)12-6-2-4-10(8-12)11-5-3-7-13(9-11)18-16(22,23)15(17,20)21/h2-9,18,20-23H,17H2,1H3. The van der Waals surface area contributed by atoms with E-state index in [0.29, 0.717) is 16.7 Å². The fourth-order valence-corrected chi connectivity index (χ4v) is 2.01. The monoisotopic (exact) mass is 334 g/mol. The molecule has 0 spiro atoms. The number of methoxy groups -OCH3 is 1. The van der Waals surface area contributed by atoms with E-state index in [1.54, 1.807) is 36.4 Å². The first-order valence-electron chi connectivity index (χ1n) is 6.89. The zero-order valence-electron chi connectivity index (χ0n) is 12.8. The second kappa shape index (κ2) is 6.56. The highest BCUT2D eigenvalue weighted by Crippen LogP contribution is 2.26. The molecular weight excluding hydrogens is 316 g/mol. The lowest BCUT2D eigenvalue weighted by Crippen LogP contribution is -2.65. The normalized spacial score (nSPS) is 11.9. The lowest BCUT2D eigenvalue weighted by atomic mass is 10.0. The summed E-state index contributed by atoms with van der Waals surface area (Å²) >= 11 is 0. The number of esters is 1. The Balaban J connectivity index is 2.33. The highest BCUT2D eigenvalue weighted by atomic mass is 16.6. The van der Waals surface area contributed by atoms with E-state index in [4.69, 9.17) is 15.9 Å². The average molecular weight is 334 g/mol. The number of rotatable bonds is 5. The molecule has 0 aliphatic heterocycles. The van der Waals surface area contributed by atoms with Crippen LogP contribution in [-0.2, 0) is 4.74 Å².